The summed E-state index contributed by atoms with van der Waals surface area (Å²) in [6, 6.07) is 0. The van der Waals surface area contributed by atoms with Crippen LogP contribution in [0.2, 0.25) is 0 Å². The van der Waals surface area contributed by atoms with E-state index in [4.69, 9.17) is 0 Å². The maximum Gasteiger partial charge on any atom is 0.0571 e. The molecule has 0 aliphatic heterocycles. The molecule has 0 aromatic rings. The monoisotopic (exact) mass is 210 g/mol. The molecule has 3 unspecified atom stereocenters. The van der Waals surface area contributed by atoms with Crippen LogP contribution in [-0.2, 0) is 0 Å². The van der Waals surface area contributed by atoms with Crippen molar-refractivity contribution in [1.29, 1.82) is 0 Å². The van der Waals surface area contributed by atoms with Crippen molar-refractivity contribution in [2.75, 3.05) is 0 Å². The average molecular weight is 210 g/mol. The Morgan fingerprint density at radius 2 is 2.07 bits per heavy atom. The highest BCUT2D eigenvalue weighted by Gasteiger charge is 2.28. The maximum atomic E-state index is 9.96. The summed E-state index contributed by atoms with van der Waals surface area (Å²) in [5.74, 6) is 1.34. The molecule has 1 N–H and O–H groups in total. The van der Waals surface area contributed by atoms with Crippen LogP contribution in [0.5, 0.6) is 0 Å². The predicted octanol–water partition coefficient (Wildman–Crippen LogP) is 3.92. The Labute approximate surface area is 94.6 Å². The molecule has 0 saturated heterocycles. The highest BCUT2D eigenvalue weighted by atomic mass is 16.3. The topological polar surface area (TPSA) is 20.2 Å². The first-order valence-electron chi connectivity index (χ1n) is 6.52. The summed E-state index contributed by atoms with van der Waals surface area (Å²) in [4.78, 5) is 0. The molecule has 0 bridgehead atoms. The van der Waals surface area contributed by atoms with Crippen LogP contribution in [0.3, 0.4) is 0 Å². The fourth-order valence-corrected chi connectivity index (χ4v) is 2.75. The van der Waals surface area contributed by atoms with Gasteiger partial charge in [-0.2, -0.15) is 0 Å². The normalized spacial score (nSPS) is 31.5. The molecule has 1 aliphatic rings. The van der Waals surface area contributed by atoms with Gasteiger partial charge in [0.05, 0.1) is 6.10 Å². The van der Waals surface area contributed by atoms with Gasteiger partial charge in [-0.05, 0) is 43.9 Å². The zero-order valence-electron chi connectivity index (χ0n) is 10.3. The molecule has 1 aliphatic carbocycles. The lowest BCUT2D eigenvalue weighted by Crippen LogP contribution is -2.29. The lowest BCUT2D eigenvalue weighted by atomic mass is 9.75. The molecule has 0 aromatic heterocycles. The van der Waals surface area contributed by atoms with E-state index in [1.165, 1.54) is 31.3 Å². The molecule has 0 amide bonds. The van der Waals surface area contributed by atoms with Gasteiger partial charge < -0.3 is 5.11 Å². The highest BCUT2D eigenvalue weighted by molar-refractivity contribution is 4.97. The Morgan fingerprint density at radius 3 is 2.67 bits per heavy atom. The van der Waals surface area contributed by atoms with Crippen LogP contribution in [0.25, 0.3) is 0 Å². The van der Waals surface area contributed by atoms with Crippen LogP contribution in [0.4, 0.5) is 0 Å². The smallest absolute Gasteiger partial charge is 0.0571 e. The van der Waals surface area contributed by atoms with Gasteiger partial charge in [0.25, 0.3) is 0 Å². The molecule has 0 aromatic carbocycles. The quantitative estimate of drug-likeness (QED) is 0.682. The summed E-state index contributed by atoms with van der Waals surface area (Å²) in [7, 11) is 0. The van der Waals surface area contributed by atoms with Crippen molar-refractivity contribution in [3.05, 3.63) is 12.2 Å². The van der Waals surface area contributed by atoms with E-state index >= 15 is 0 Å². The van der Waals surface area contributed by atoms with E-state index in [9.17, 15) is 5.11 Å². The van der Waals surface area contributed by atoms with Crippen LogP contribution in [0, 0.1) is 11.8 Å². The highest BCUT2D eigenvalue weighted by Crippen LogP contribution is 2.35. The van der Waals surface area contributed by atoms with Gasteiger partial charge in [0.2, 0.25) is 0 Å². The average Bonchev–Trinajstić information content (AvgIpc) is 2.23. The molecule has 1 saturated carbocycles. The predicted molar refractivity (Wildman–Crippen MR) is 65.8 cm³/mol. The summed E-state index contributed by atoms with van der Waals surface area (Å²) in [5.41, 5.74) is 1.30. The van der Waals surface area contributed by atoms with Crippen molar-refractivity contribution >= 4 is 0 Å². The minimum absolute atomic E-state index is 0.0681. The second-order valence-corrected chi connectivity index (χ2v) is 5.10. The lowest BCUT2D eigenvalue weighted by molar-refractivity contribution is 0.0460. The molecule has 1 rings (SSSR count). The fraction of sp³-hybridized carbons (Fsp3) is 0.857. The van der Waals surface area contributed by atoms with Gasteiger partial charge in [-0.3, -0.25) is 0 Å². The first-order chi connectivity index (χ1) is 7.17. The number of rotatable bonds is 5. The van der Waals surface area contributed by atoms with Crippen molar-refractivity contribution in [3.8, 4) is 0 Å². The Bertz CT molecular complexity index is 198. The minimum Gasteiger partial charge on any atom is -0.393 e. The van der Waals surface area contributed by atoms with Crippen molar-refractivity contribution in [2.24, 2.45) is 11.8 Å². The molecule has 15 heavy (non-hydrogen) atoms. The van der Waals surface area contributed by atoms with Gasteiger partial charge >= 0.3 is 0 Å². The molecule has 3 atom stereocenters. The minimum atomic E-state index is -0.0681. The first-order valence-corrected chi connectivity index (χ1v) is 6.52. The third kappa shape index (κ3) is 3.98. The molecule has 0 radical (unpaired) electrons. The molecule has 88 valence electrons. The second kappa shape index (κ2) is 6.32. The Hall–Kier alpha value is -0.300. The van der Waals surface area contributed by atoms with Crippen LogP contribution < -0.4 is 0 Å². The first kappa shape index (κ1) is 12.8. The summed E-state index contributed by atoms with van der Waals surface area (Å²) in [5, 5.41) is 9.96. The fourth-order valence-electron chi connectivity index (χ4n) is 2.75. The standard InChI is InChI=1S/C14H26O/c1-4-6-12-7-8-14(15)13(10-12)9-11(3)5-2/h12-15H,3-10H2,1-2H3. The number of hydrogen-bond donors (Lipinski definition) is 1. The summed E-state index contributed by atoms with van der Waals surface area (Å²) in [6.07, 6.45) is 8.09. The lowest BCUT2D eigenvalue weighted by Gasteiger charge is -2.33. The molecular weight excluding hydrogens is 184 g/mol. The van der Waals surface area contributed by atoms with E-state index in [0.29, 0.717) is 5.92 Å². The van der Waals surface area contributed by atoms with Gasteiger partial charge in [-0.15, -0.1) is 0 Å². The largest absolute Gasteiger partial charge is 0.393 e. The van der Waals surface area contributed by atoms with Crippen LogP contribution in [0.15, 0.2) is 12.2 Å². The molecule has 0 heterocycles. The number of aliphatic hydroxyl groups is 1. The maximum absolute atomic E-state index is 9.96. The van der Waals surface area contributed by atoms with E-state index in [1.54, 1.807) is 0 Å². The van der Waals surface area contributed by atoms with Crippen LogP contribution in [0.1, 0.15) is 58.8 Å². The number of allylic oxidation sites excluding steroid dienone is 1. The van der Waals surface area contributed by atoms with Gasteiger partial charge in [0.15, 0.2) is 0 Å². The van der Waals surface area contributed by atoms with Crippen LogP contribution in [-0.4, -0.2) is 11.2 Å². The van der Waals surface area contributed by atoms with Crippen molar-refractivity contribution in [2.45, 2.75) is 64.9 Å². The van der Waals surface area contributed by atoms with Crippen molar-refractivity contribution in [3.63, 3.8) is 0 Å². The summed E-state index contributed by atoms with van der Waals surface area (Å²) < 4.78 is 0. The summed E-state index contributed by atoms with van der Waals surface area (Å²) >= 11 is 0. The summed E-state index contributed by atoms with van der Waals surface area (Å²) in [6.45, 7) is 8.47. The van der Waals surface area contributed by atoms with Crippen molar-refractivity contribution < 1.29 is 5.11 Å². The SMILES string of the molecule is C=C(CC)CC1CC(CCC)CCC1O. The van der Waals surface area contributed by atoms with E-state index in [0.717, 1.165) is 25.2 Å². The van der Waals surface area contributed by atoms with E-state index in [2.05, 4.69) is 20.4 Å². The Kier molecular flexibility index (Phi) is 5.38. The third-order valence-corrected chi connectivity index (χ3v) is 3.80. The second-order valence-electron chi connectivity index (χ2n) is 5.10. The Balaban J connectivity index is 2.42. The van der Waals surface area contributed by atoms with Gasteiger partial charge in [0, 0.05) is 0 Å². The third-order valence-electron chi connectivity index (χ3n) is 3.80. The zero-order chi connectivity index (χ0) is 11.3. The van der Waals surface area contributed by atoms with Crippen molar-refractivity contribution in [1.82, 2.24) is 0 Å². The van der Waals surface area contributed by atoms with E-state index in [1.807, 2.05) is 0 Å². The van der Waals surface area contributed by atoms with Gasteiger partial charge in [0.1, 0.15) is 0 Å². The number of hydrogen-bond acceptors (Lipinski definition) is 1. The molecular formula is C14H26O. The van der Waals surface area contributed by atoms with E-state index in [-0.39, 0.29) is 6.10 Å². The van der Waals surface area contributed by atoms with Gasteiger partial charge in [-0.1, -0.05) is 38.8 Å². The van der Waals surface area contributed by atoms with Crippen LogP contribution >= 0.6 is 0 Å². The molecule has 1 nitrogen and oxygen atoms in total. The number of aliphatic hydroxyl groups excluding tert-OH is 1. The molecule has 0 spiro atoms. The zero-order valence-corrected chi connectivity index (χ0v) is 10.3. The molecule has 1 fully saturated rings. The van der Waals surface area contributed by atoms with E-state index < -0.39 is 0 Å². The Morgan fingerprint density at radius 1 is 1.33 bits per heavy atom. The van der Waals surface area contributed by atoms with Gasteiger partial charge in [-0.25, -0.2) is 0 Å². The molecule has 1 heteroatoms.